The predicted octanol–water partition coefficient (Wildman–Crippen LogP) is 1.09. The zero-order valence-electron chi connectivity index (χ0n) is 20.9. The van der Waals surface area contributed by atoms with Crippen LogP contribution in [0.3, 0.4) is 0 Å². The first kappa shape index (κ1) is 25.4. The number of Topliss-reactive ketones (excluding diaryl/α,β-unsaturated/α-hetero) is 1. The summed E-state index contributed by atoms with van der Waals surface area (Å²) in [5.41, 5.74) is 6.77. The quantitative estimate of drug-likeness (QED) is 0.446. The Balaban J connectivity index is 1.61. The van der Waals surface area contributed by atoms with Crippen molar-refractivity contribution in [3.8, 4) is 0 Å². The average Bonchev–Trinajstić information content (AvgIpc) is 3.23. The van der Waals surface area contributed by atoms with Gasteiger partial charge in [0.15, 0.2) is 24.0 Å². The largest absolute Gasteiger partial charge is 0.341 e. The van der Waals surface area contributed by atoms with E-state index in [1.165, 1.54) is 11.8 Å². The molecule has 3 N–H and O–H groups in total. The van der Waals surface area contributed by atoms with Gasteiger partial charge in [-0.2, -0.15) is 0 Å². The second kappa shape index (κ2) is 10.5. The molecule has 1 aromatic carbocycles. The molecule has 0 bridgehead atoms. The van der Waals surface area contributed by atoms with Crippen molar-refractivity contribution in [1.29, 1.82) is 0 Å². The fourth-order valence-corrected chi connectivity index (χ4v) is 4.93. The van der Waals surface area contributed by atoms with Crippen molar-refractivity contribution >= 4 is 35.3 Å². The number of aliphatic imine (C=N–C) groups is 1. The number of para-hydroxylation sites is 1. The Labute approximate surface area is 210 Å². The summed E-state index contributed by atoms with van der Waals surface area (Å²) in [4.78, 5) is 62.9. The minimum atomic E-state index is -0.754. The number of nitrogens with one attached hydrogen (secondary N) is 1. The van der Waals surface area contributed by atoms with Gasteiger partial charge in [0.05, 0.1) is 12.2 Å². The van der Waals surface area contributed by atoms with Crippen LogP contribution in [0.1, 0.15) is 37.0 Å². The highest BCUT2D eigenvalue weighted by molar-refractivity contribution is 6.11. The zero-order valence-corrected chi connectivity index (χ0v) is 20.9. The average molecular weight is 496 g/mol. The van der Waals surface area contributed by atoms with Gasteiger partial charge in [-0.15, -0.1) is 0 Å². The lowest BCUT2D eigenvalue weighted by Gasteiger charge is -2.42. The standard InChI is InChI=1S/C25H33N7O4/c1-4-5-13-31-21-22(28-24(31)30-12-8-9-17(26)14-30)29(3)25(36)32(23(21)35)15-20(34)18-10-6-7-11-19(18)27-16(2)33/h4-7,10-11,17,21-22H,8-9,12-15,26H2,1-3H3,(H,27,33)/b5-4+. The first-order valence-corrected chi connectivity index (χ1v) is 12.2. The maximum Gasteiger partial charge on any atom is 0.328 e. The summed E-state index contributed by atoms with van der Waals surface area (Å²) in [6, 6.07) is 5.21. The summed E-state index contributed by atoms with van der Waals surface area (Å²) in [5.74, 6) is -0.599. The SMILES string of the molecule is C/C=C/CN1C(N2CCCC(N)C2)=NC2C1C(=O)N(CC(=O)c1ccccc1NC(C)=O)C(=O)N2C. The van der Waals surface area contributed by atoms with Gasteiger partial charge in [0.2, 0.25) is 5.91 Å². The summed E-state index contributed by atoms with van der Waals surface area (Å²) in [6.45, 7) is 4.63. The first-order valence-electron chi connectivity index (χ1n) is 12.2. The van der Waals surface area contributed by atoms with Crippen LogP contribution in [-0.4, -0.2) is 101 Å². The van der Waals surface area contributed by atoms with E-state index in [1.807, 2.05) is 24.0 Å². The lowest BCUT2D eigenvalue weighted by Crippen LogP contribution is -2.66. The van der Waals surface area contributed by atoms with Crippen LogP contribution < -0.4 is 11.1 Å². The van der Waals surface area contributed by atoms with E-state index in [1.54, 1.807) is 31.3 Å². The predicted molar refractivity (Wildman–Crippen MR) is 135 cm³/mol. The van der Waals surface area contributed by atoms with E-state index in [-0.39, 0.29) is 17.5 Å². The molecule has 2 fully saturated rings. The number of hydrogen-bond acceptors (Lipinski definition) is 8. The summed E-state index contributed by atoms with van der Waals surface area (Å²) in [6.07, 6.45) is 4.99. The number of nitrogens with zero attached hydrogens (tertiary/aromatic N) is 5. The van der Waals surface area contributed by atoms with E-state index in [2.05, 4.69) is 10.2 Å². The van der Waals surface area contributed by atoms with Crippen LogP contribution in [0, 0.1) is 0 Å². The topological polar surface area (TPSA) is 132 Å². The third kappa shape index (κ3) is 4.83. The van der Waals surface area contributed by atoms with E-state index in [4.69, 9.17) is 10.7 Å². The van der Waals surface area contributed by atoms with E-state index in [0.717, 1.165) is 24.3 Å². The van der Waals surface area contributed by atoms with Gasteiger partial charge in [0.1, 0.15) is 0 Å². The second-order valence-corrected chi connectivity index (χ2v) is 9.33. The molecule has 4 rings (SSSR count). The van der Waals surface area contributed by atoms with Crippen LogP contribution in [0.2, 0.25) is 0 Å². The Kier molecular flexibility index (Phi) is 7.39. The molecule has 3 unspecified atom stereocenters. The summed E-state index contributed by atoms with van der Waals surface area (Å²) < 4.78 is 0. The van der Waals surface area contributed by atoms with Crippen LogP contribution in [0.5, 0.6) is 0 Å². The van der Waals surface area contributed by atoms with Gasteiger partial charge in [0.25, 0.3) is 5.91 Å². The molecule has 3 aliphatic heterocycles. The van der Waals surface area contributed by atoms with E-state index in [0.29, 0.717) is 24.7 Å². The third-order valence-electron chi connectivity index (χ3n) is 6.69. The third-order valence-corrected chi connectivity index (χ3v) is 6.69. The highest BCUT2D eigenvalue weighted by atomic mass is 16.2. The van der Waals surface area contributed by atoms with Gasteiger partial charge in [-0.1, -0.05) is 24.3 Å². The highest BCUT2D eigenvalue weighted by Gasteiger charge is 2.53. The number of likely N-dealkylation sites (N-methyl/N-ethyl adjacent to an activating group) is 1. The van der Waals surface area contributed by atoms with Crippen molar-refractivity contribution in [3.05, 3.63) is 42.0 Å². The molecule has 0 saturated carbocycles. The molecule has 1 aromatic rings. The Morgan fingerprint density at radius 1 is 1.25 bits per heavy atom. The first-order chi connectivity index (χ1) is 17.2. The molecule has 0 radical (unpaired) electrons. The monoisotopic (exact) mass is 495 g/mol. The fraction of sp³-hybridized carbons (Fsp3) is 0.480. The fourth-order valence-electron chi connectivity index (χ4n) is 4.93. The van der Waals surface area contributed by atoms with Gasteiger partial charge in [0, 0.05) is 45.2 Å². The van der Waals surface area contributed by atoms with Gasteiger partial charge in [-0.05, 0) is 31.9 Å². The van der Waals surface area contributed by atoms with E-state index >= 15 is 0 Å². The van der Waals surface area contributed by atoms with Crippen molar-refractivity contribution in [3.63, 3.8) is 0 Å². The molecular weight excluding hydrogens is 462 g/mol. The molecule has 3 heterocycles. The molecule has 2 saturated heterocycles. The molecule has 11 heteroatoms. The van der Waals surface area contributed by atoms with Crippen molar-refractivity contribution in [1.82, 2.24) is 19.6 Å². The van der Waals surface area contributed by atoms with E-state index in [9.17, 15) is 19.2 Å². The van der Waals surface area contributed by atoms with Crippen molar-refractivity contribution in [2.75, 3.05) is 38.5 Å². The number of guanidine groups is 1. The van der Waals surface area contributed by atoms with E-state index < -0.39 is 36.5 Å². The zero-order chi connectivity index (χ0) is 26.0. The number of allylic oxidation sites excluding steroid dienone is 1. The van der Waals surface area contributed by atoms with Crippen molar-refractivity contribution in [2.45, 2.75) is 44.9 Å². The number of likely N-dealkylation sites (tertiary alicyclic amines) is 1. The summed E-state index contributed by atoms with van der Waals surface area (Å²) in [7, 11) is 1.59. The molecule has 4 amide bonds. The van der Waals surface area contributed by atoms with Crippen molar-refractivity contribution in [2.24, 2.45) is 10.7 Å². The highest BCUT2D eigenvalue weighted by Crippen LogP contribution is 2.30. The maximum atomic E-state index is 13.7. The number of piperidine rings is 1. The van der Waals surface area contributed by atoms with Crippen LogP contribution >= 0.6 is 0 Å². The summed E-state index contributed by atoms with van der Waals surface area (Å²) in [5, 5.41) is 2.63. The van der Waals surface area contributed by atoms with Gasteiger partial charge in [-0.25, -0.2) is 9.79 Å². The molecular formula is C25H33N7O4. The van der Waals surface area contributed by atoms with Crippen LogP contribution in [0.25, 0.3) is 0 Å². The normalized spacial score (nSPS) is 24.3. The number of nitrogens with two attached hydrogens (primary N) is 1. The van der Waals surface area contributed by atoms with Crippen LogP contribution in [0.15, 0.2) is 41.4 Å². The number of amides is 4. The lowest BCUT2D eigenvalue weighted by molar-refractivity contribution is -0.137. The van der Waals surface area contributed by atoms with Gasteiger partial charge >= 0.3 is 6.03 Å². The Morgan fingerprint density at radius 2 is 2.00 bits per heavy atom. The number of ketones is 1. The Hall–Kier alpha value is -3.73. The molecule has 36 heavy (non-hydrogen) atoms. The number of carbonyl (C=O) groups is 4. The molecule has 11 nitrogen and oxygen atoms in total. The Morgan fingerprint density at radius 3 is 2.69 bits per heavy atom. The number of rotatable bonds is 6. The minimum Gasteiger partial charge on any atom is -0.341 e. The lowest BCUT2D eigenvalue weighted by atomic mass is 10.1. The van der Waals surface area contributed by atoms with Gasteiger partial charge in [-0.3, -0.25) is 19.3 Å². The van der Waals surface area contributed by atoms with Crippen LogP contribution in [0.4, 0.5) is 10.5 Å². The molecule has 3 aliphatic rings. The number of carbonyl (C=O) groups excluding carboxylic acids is 4. The van der Waals surface area contributed by atoms with Crippen molar-refractivity contribution < 1.29 is 19.2 Å². The number of anilines is 1. The smallest absolute Gasteiger partial charge is 0.328 e. The number of urea groups is 1. The molecule has 0 spiro atoms. The Bertz CT molecular complexity index is 1120. The number of imide groups is 1. The molecule has 0 aliphatic carbocycles. The summed E-state index contributed by atoms with van der Waals surface area (Å²) >= 11 is 0. The molecule has 0 aromatic heterocycles. The number of fused-ring (bicyclic) bond motifs is 1. The minimum absolute atomic E-state index is 0.0144. The molecule has 192 valence electrons. The second-order valence-electron chi connectivity index (χ2n) is 9.33. The van der Waals surface area contributed by atoms with Gasteiger partial charge < -0.3 is 25.8 Å². The molecule has 3 atom stereocenters. The number of hydrogen-bond donors (Lipinski definition) is 2. The number of benzene rings is 1. The maximum absolute atomic E-state index is 13.7. The van der Waals surface area contributed by atoms with Crippen LogP contribution in [-0.2, 0) is 9.59 Å².